The maximum atomic E-state index is 13.6. The van der Waals surface area contributed by atoms with E-state index in [1.807, 2.05) is 0 Å². The second-order valence-electron chi connectivity index (χ2n) is 5.57. The number of ether oxygens (including phenoxy) is 1. The van der Waals surface area contributed by atoms with E-state index in [0.717, 1.165) is 12.1 Å². The summed E-state index contributed by atoms with van der Waals surface area (Å²) in [7, 11) is 1.66. The van der Waals surface area contributed by atoms with E-state index in [1.165, 1.54) is 11.0 Å². The molecule has 0 aromatic heterocycles. The molecule has 1 atom stereocenters. The Morgan fingerprint density at radius 2 is 1.88 bits per heavy atom. The third-order valence-electron chi connectivity index (χ3n) is 3.45. The SMILES string of the molecule is CC(O)CCN(C)C(=O)c1ccc(Oc2ccc(F)cc2F)cc1. The first-order chi connectivity index (χ1) is 11.4. The summed E-state index contributed by atoms with van der Waals surface area (Å²) in [6.45, 7) is 2.11. The van der Waals surface area contributed by atoms with Crippen LogP contribution in [-0.2, 0) is 0 Å². The largest absolute Gasteiger partial charge is 0.454 e. The summed E-state index contributed by atoms with van der Waals surface area (Å²) < 4.78 is 31.8. The van der Waals surface area contributed by atoms with Crippen molar-refractivity contribution in [3.8, 4) is 11.5 Å². The van der Waals surface area contributed by atoms with Crippen molar-refractivity contribution in [1.82, 2.24) is 4.90 Å². The molecule has 24 heavy (non-hydrogen) atoms. The first-order valence-corrected chi connectivity index (χ1v) is 7.53. The standard InChI is InChI=1S/C18H19F2NO3/c1-12(22)9-10-21(2)18(23)13-3-6-15(7-4-13)24-17-8-5-14(19)11-16(17)20/h3-8,11-12,22H,9-10H2,1-2H3. The van der Waals surface area contributed by atoms with Gasteiger partial charge in [0.05, 0.1) is 6.10 Å². The lowest BCUT2D eigenvalue weighted by Gasteiger charge is -2.18. The van der Waals surface area contributed by atoms with Crippen LogP contribution in [0.1, 0.15) is 23.7 Å². The van der Waals surface area contributed by atoms with E-state index in [4.69, 9.17) is 4.74 Å². The van der Waals surface area contributed by atoms with Crippen LogP contribution >= 0.6 is 0 Å². The highest BCUT2D eigenvalue weighted by Crippen LogP contribution is 2.25. The lowest BCUT2D eigenvalue weighted by molar-refractivity contribution is 0.0769. The van der Waals surface area contributed by atoms with Crippen molar-refractivity contribution in [3.63, 3.8) is 0 Å². The Hall–Kier alpha value is -2.47. The monoisotopic (exact) mass is 335 g/mol. The molecule has 0 spiro atoms. The van der Waals surface area contributed by atoms with E-state index in [9.17, 15) is 18.7 Å². The molecule has 6 heteroatoms. The van der Waals surface area contributed by atoms with Gasteiger partial charge in [-0.2, -0.15) is 0 Å². The average molecular weight is 335 g/mol. The summed E-state index contributed by atoms with van der Waals surface area (Å²) in [5, 5.41) is 9.26. The molecule has 0 radical (unpaired) electrons. The molecule has 0 saturated carbocycles. The van der Waals surface area contributed by atoms with Crippen LogP contribution in [0.15, 0.2) is 42.5 Å². The first kappa shape index (κ1) is 17.9. The van der Waals surface area contributed by atoms with Gasteiger partial charge in [0.1, 0.15) is 11.6 Å². The van der Waals surface area contributed by atoms with Gasteiger partial charge in [0, 0.05) is 25.2 Å². The van der Waals surface area contributed by atoms with Gasteiger partial charge < -0.3 is 14.7 Å². The minimum Gasteiger partial charge on any atom is -0.454 e. The third kappa shape index (κ3) is 4.76. The molecule has 0 fully saturated rings. The number of rotatable bonds is 6. The van der Waals surface area contributed by atoms with E-state index in [0.29, 0.717) is 24.3 Å². The molecule has 2 rings (SSSR count). The topological polar surface area (TPSA) is 49.8 Å². The van der Waals surface area contributed by atoms with E-state index in [1.54, 1.807) is 38.2 Å². The Morgan fingerprint density at radius 3 is 2.46 bits per heavy atom. The molecule has 2 aromatic rings. The van der Waals surface area contributed by atoms with E-state index >= 15 is 0 Å². The maximum Gasteiger partial charge on any atom is 0.253 e. The van der Waals surface area contributed by atoms with Gasteiger partial charge in [-0.15, -0.1) is 0 Å². The molecular formula is C18H19F2NO3. The van der Waals surface area contributed by atoms with Gasteiger partial charge in [0.25, 0.3) is 5.91 Å². The van der Waals surface area contributed by atoms with Crippen LogP contribution in [0.5, 0.6) is 11.5 Å². The van der Waals surface area contributed by atoms with E-state index in [2.05, 4.69) is 0 Å². The molecule has 0 heterocycles. The maximum absolute atomic E-state index is 13.6. The van der Waals surface area contributed by atoms with Gasteiger partial charge in [0.2, 0.25) is 0 Å². The lowest BCUT2D eigenvalue weighted by Crippen LogP contribution is -2.29. The molecule has 0 saturated heterocycles. The number of carbonyl (C=O) groups is 1. The van der Waals surface area contributed by atoms with Gasteiger partial charge in [0.15, 0.2) is 11.6 Å². The number of amides is 1. The lowest BCUT2D eigenvalue weighted by atomic mass is 10.2. The number of hydrogen-bond donors (Lipinski definition) is 1. The number of nitrogens with zero attached hydrogens (tertiary/aromatic N) is 1. The molecule has 1 N–H and O–H groups in total. The molecular weight excluding hydrogens is 316 g/mol. The zero-order chi connectivity index (χ0) is 17.7. The van der Waals surface area contributed by atoms with Crippen LogP contribution in [-0.4, -0.2) is 35.6 Å². The zero-order valence-corrected chi connectivity index (χ0v) is 13.5. The highest BCUT2D eigenvalue weighted by atomic mass is 19.1. The highest BCUT2D eigenvalue weighted by Gasteiger charge is 2.13. The van der Waals surface area contributed by atoms with Crippen LogP contribution in [0.4, 0.5) is 8.78 Å². The summed E-state index contributed by atoms with van der Waals surface area (Å²) in [5.74, 6) is -1.42. The summed E-state index contributed by atoms with van der Waals surface area (Å²) in [4.78, 5) is 13.7. The Labute approximate surface area is 139 Å². The van der Waals surface area contributed by atoms with Crippen molar-refractivity contribution in [2.24, 2.45) is 0 Å². The minimum atomic E-state index is -0.798. The number of halogens is 2. The van der Waals surface area contributed by atoms with Crippen LogP contribution in [0.2, 0.25) is 0 Å². The van der Waals surface area contributed by atoms with Gasteiger partial charge in [-0.05, 0) is 49.7 Å². The molecule has 1 unspecified atom stereocenters. The number of aliphatic hydroxyl groups excluding tert-OH is 1. The molecule has 0 aliphatic heterocycles. The summed E-state index contributed by atoms with van der Waals surface area (Å²) >= 11 is 0. The minimum absolute atomic E-state index is 0.0930. The molecule has 2 aromatic carbocycles. The number of aliphatic hydroxyl groups is 1. The Balaban J connectivity index is 2.03. The van der Waals surface area contributed by atoms with Gasteiger partial charge in [-0.1, -0.05) is 0 Å². The molecule has 0 aliphatic rings. The van der Waals surface area contributed by atoms with Crippen molar-refractivity contribution in [3.05, 3.63) is 59.7 Å². The Kier molecular flexibility index (Phi) is 5.87. The third-order valence-corrected chi connectivity index (χ3v) is 3.45. The van der Waals surface area contributed by atoms with Gasteiger partial charge >= 0.3 is 0 Å². The van der Waals surface area contributed by atoms with Crippen LogP contribution in [0.3, 0.4) is 0 Å². The molecule has 1 amide bonds. The highest BCUT2D eigenvalue weighted by molar-refractivity contribution is 5.94. The fraction of sp³-hybridized carbons (Fsp3) is 0.278. The summed E-state index contributed by atoms with van der Waals surface area (Å²) in [6.07, 6.45) is 0.0226. The van der Waals surface area contributed by atoms with Gasteiger partial charge in [-0.25, -0.2) is 8.78 Å². The Morgan fingerprint density at radius 1 is 1.21 bits per heavy atom. The Bertz CT molecular complexity index is 702. The molecule has 128 valence electrons. The van der Waals surface area contributed by atoms with Gasteiger partial charge in [-0.3, -0.25) is 4.79 Å². The summed E-state index contributed by atoms with van der Waals surface area (Å²) in [6, 6.07) is 9.26. The predicted octanol–water partition coefficient (Wildman–Crippen LogP) is 3.60. The van der Waals surface area contributed by atoms with Crippen molar-refractivity contribution >= 4 is 5.91 Å². The fourth-order valence-electron chi connectivity index (χ4n) is 2.05. The average Bonchev–Trinajstić information content (AvgIpc) is 2.55. The van der Waals surface area contributed by atoms with Crippen LogP contribution in [0.25, 0.3) is 0 Å². The molecule has 0 aliphatic carbocycles. The predicted molar refractivity (Wildman–Crippen MR) is 86.1 cm³/mol. The molecule has 0 bridgehead atoms. The van der Waals surface area contributed by atoms with E-state index in [-0.39, 0.29) is 11.7 Å². The summed E-state index contributed by atoms with van der Waals surface area (Å²) in [5.41, 5.74) is 0.454. The number of hydrogen-bond acceptors (Lipinski definition) is 3. The number of carbonyl (C=O) groups excluding carboxylic acids is 1. The quantitative estimate of drug-likeness (QED) is 0.877. The van der Waals surface area contributed by atoms with Crippen molar-refractivity contribution in [1.29, 1.82) is 0 Å². The van der Waals surface area contributed by atoms with Crippen LogP contribution < -0.4 is 4.74 Å². The molecule has 4 nitrogen and oxygen atoms in total. The van der Waals surface area contributed by atoms with Crippen molar-refractivity contribution in [2.75, 3.05) is 13.6 Å². The normalized spacial score (nSPS) is 11.9. The number of benzene rings is 2. The van der Waals surface area contributed by atoms with E-state index < -0.39 is 17.7 Å². The first-order valence-electron chi connectivity index (χ1n) is 7.53. The zero-order valence-electron chi connectivity index (χ0n) is 13.5. The smallest absolute Gasteiger partial charge is 0.253 e. The van der Waals surface area contributed by atoms with Crippen LogP contribution in [0, 0.1) is 11.6 Å². The second-order valence-corrected chi connectivity index (χ2v) is 5.57. The van der Waals surface area contributed by atoms with Crippen molar-refractivity contribution in [2.45, 2.75) is 19.4 Å². The fourth-order valence-corrected chi connectivity index (χ4v) is 2.05. The second kappa shape index (κ2) is 7.88. The van der Waals surface area contributed by atoms with Crippen molar-refractivity contribution < 1.29 is 23.4 Å².